The van der Waals surface area contributed by atoms with E-state index in [4.69, 9.17) is 4.74 Å². The molecule has 3 rings (SSSR count). The van der Waals surface area contributed by atoms with Gasteiger partial charge in [0.15, 0.2) is 0 Å². The summed E-state index contributed by atoms with van der Waals surface area (Å²) in [4.78, 5) is 36.1. The van der Waals surface area contributed by atoms with E-state index in [9.17, 15) is 14.4 Å². The van der Waals surface area contributed by atoms with Gasteiger partial charge in [-0.25, -0.2) is 4.79 Å². The quantitative estimate of drug-likeness (QED) is 0.466. The summed E-state index contributed by atoms with van der Waals surface area (Å²) in [6, 6.07) is 18.5. The van der Waals surface area contributed by atoms with Crippen molar-refractivity contribution in [1.29, 1.82) is 0 Å². The van der Waals surface area contributed by atoms with Gasteiger partial charge >= 0.3 is 6.09 Å². The maximum atomic E-state index is 12.5. The van der Waals surface area contributed by atoms with E-state index in [-0.39, 0.29) is 24.8 Å². The lowest BCUT2D eigenvalue weighted by atomic mass is 10.1. The van der Waals surface area contributed by atoms with Crippen molar-refractivity contribution in [2.45, 2.75) is 39.3 Å². The zero-order chi connectivity index (χ0) is 24.6. The summed E-state index contributed by atoms with van der Waals surface area (Å²) in [5.74, 6) is -0.380. The molecule has 0 fully saturated rings. The number of carbonyl (C=O) groups excluding carboxylic acids is 3. The Labute approximate surface area is 199 Å². The number of alkyl carbamates (subject to hydrolysis) is 1. The Balaban J connectivity index is 1.41. The number of hydrogen-bond donors (Lipinski definition) is 3. The summed E-state index contributed by atoms with van der Waals surface area (Å²) in [5, 5.41) is 8.23. The van der Waals surface area contributed by atoms with Crippen LogP contribution in [0.2, 0.25) is 0 Å². The highest BCUT2D eigenvalue weighted by molar-refractivity contribution is 6.04. The summed E-state index contributed by atoms with van der Waals surface area (Å²) in [5.41, 5.74) is 2.52. The van der Waals surface area contributed by atoms with E-state index in [0.717, 1.165) is 11.3 Å². The number of hydrogen-bond acceptors (Lipinski definition) is 4. The SMILES string of the molecule is CC(C)(C)OC(=O)NCCC(=O)NCc1ccc(NC(=O)c2ccc(-n3cccc3)cc2)cc1. The monoisotopic (exact) mass is 462 g/mol. The number of nitrogens with zero attached hydrogens (tertiary/aromatic N) is 1. The average Bonchev–Trinajstić information content (AvgIpc) is 3.32. The first kappa shape index (κ1) is 24.6. The van der Waals surface area contributed by atoms with E-state index < -0.39 is 11.7 Å². The highest BCUT2D eigenvalue weighted by Crippen LogP contribution is 2.14. The molecule has 0 radical (unpaired) electrons. The molecule has 3 N–H and O–H groups in total. The van der Waals surface area contributed by atoms with Gasteiger partial charge in [0, 0.05) is 48.8 Å². The van der Waals surface area contributed by atoms with Gasteiger partial charge in [-0.3, -0.25) is 9.59 Å². The van der Waals surface area contributed by atoms with Gasteiger partial charge in [0.25, 0.3) is 5.91 Å². The van der Waals surface area contributed by atoms with Crippen LogP contribution in [0, 0.1) is 0 Å². The molecular weight excluding hydrogens is 432 g/mol. The molecule has 0 saturated heterocycles. The van der Waals surface area contributed by atoms with Gasteiger partial charge in [0.05, 0.1) is 0 Å². The van der Waals surface area contributed by atoms with Crippen LogP contribution in [0.15, 0.2) is 73.1 Å². The van der Waals surface area contributed by atoms with Gasteiger partial charge in [0.1, 0.15) is 5.60 Å². The summed E-state index contributed by atoms with van der Waals surface area (Å²) in [6.45, 7) is 5.87. The van der Waals surface area contributed by atoms with E-state index in [0.29, 0.717) is 17.8 Å². The van der Waals surface area contributed by atoms with Gasteiger partial charge in [-0.15, -0.1) is 0 Å². The van der Waals surface area contributed by atoms with Gasteiger partial charge in [-0.1, -0.05) is 12.1 Å². The first-order valence-electron chi connectivity index (χ1n) is 11.1. The molecule has 0 bridgehead atoms. The molecule has 1 heterocycles. The normalized spacial score (nSPS) is 10.9. The van der Waals surface area contributed by atoms with Crippen molar-refractivity contribution in [3.63, 3.8) is 0 Å². The van der Waals surface area contributed by atoms with Crippen LogP contribution in [0.4, 0.5) is 10.5 Å². The molecule has 3 aromatic rings. The van der Waals surface area contributed by atoms with Crippen LogP contribution in [0.5, 0.6) is 0 Å². The van der Waals surface area contributed by atoms with Crippen molar-refractivity contribution in [2.75, 3.05) is 11.9 Å². The van der Waals surface area contributed by atoms with Gasteiger partial charge < -0.3 is 25.3 Å². The third-order valence-electron chi connectivity index (χ3n) is 4.75. The third-order valence-corrected chi connectivity index (χ3v) is 4.75. The van der Waals surface area contributed by atoms with Crippen LogP contribution in [-0.4, -0.2) is 34.6 Å². The van der Waals surface area contributed by atoms with Crippen LogP contribution in [-0.2, 0) is 16.1 Å². The van der Waals surface area contributed by atoms with Crippen LogP contribution < -0.4 is 16.0 Å². The lowest BCUT2D eigenvalue weighted by Gasteiger charge is -2.19. The lowest BCUT2D eigenvalue weighted by Crippen LogP contribution is -2.35. The Kier molecular flexibility index (Phi) is 8.08. The highest BCUT2D eigenvalue weighted by Gasteiger charge is 2.15. The van der Waals surface area contributed by atoms with E-state index in [1.807, 2.05) is 53.4 Å². The van der Waals surface area contributed by atoms with Crippen molar-refractivity contribution >= 4 is 23.6 Å². The molecule has 1 aromatic heterocycles. The maximum Gasteiger partial charge on any atom is 0.407 e. The van der Waals surface area contributed by atoms with Crippen LogP contribution in [0.25, 0.3) is 5.69 Å². The van der Waals surface area contributed by atoms with Crippen molar-refractivity contribution in [3.8, 4) is 5.69 Å². The third kappa shape index (κ3) is 7.81. The fraction of sp³-hybridized carbons (Fsp3) is 0.269. The van der Waals surface area contributed by atoms with Gasteiger partial charge in [-0.05, 0) is 74.9 Å². The second-order valence-electron chi connectivity index (χ2n) is 8.74. The minimum absolute atomic E-state index is 0.149. The Bertz CT molecular complexity index is 1100. The molecule has 34 heavy (non-hydrogen) atoms. The first-order chi connectivity index (χ1) is 16.2. The maximum absolute atomic E-state index is 12.5. The van der Waals surface area contributed by atoms with Crippen molar-refractivity contribution < 1.29 is 19.1 Å². The van der Waals surface area contributed by atoms with Crippen LogP contribution in [0.3, 0.4) is 0 Å². The number of aromatic nitrogens is 1. The predicted octanol–water partition coefficient (Wildman–Crippen LogP) is 4.26. The second-order valence-corrected chi connectivity index (χ2v) is 8.74. The Morgan fingerprint density at radius 1 is 0.882 bits per heavy atom. The van der Waals surface area contributed by atoms with E-state index >= 15 is 0 Å². The second kappa shape index (κ2) is 11.2. The fourth-order valence-corrected chi connectivity index (χ4v) is 3.08. The molecule has 8 nitrogen and oxygen atoms in total. The topological polar surface area (TPSA) is 101 Å². The number of nitrogens with one attached hydrogen (secondary N) is 3. The van der Waals surface area contributed by atoms with Crippen molar-refractivity contribution in [3.05, 3.63) is 84.2 Å². The van der Waals surface area contributed by atoms with E-state index in [1.54, 1.807) is 45.0 Å². The number of ether oxygens (including phenoxy) is 1. The molecule has 0 spiro atoms. The number of amides is 3. The van der Waals surface area contributed by atoms with E-state index in [1.165, 1.54) is 0 Å². The first-order valence-corrected chi connectivity index (χ1v) is 11.1. The lowest BCUT2D eigenvalue weighted by molar-refractivity contribution is -0.121. The molecule has 0 aliphatic rings. The number of anilines is 1. The fourth-order valence-electron chi connectivity index (χ4n) is 3.08. The number of benzene rings is 2. The minimum Gasteiger partial charge on any atom is -0.444 e. The zero-order valence-corrected chi connectivity index (χ0v) is 19.6. The van der Waals surface area contributed by atoms with Gasteiger partial charge in [-0.2, -0.15) is 0 Å². The molecule has 8 heteroatoms. The summed E-state index contributed by atoms with van der Waals surface area (Å²) >= 11 is 0. The summed E-state index contributed by atoms with van der Waals surface area (Å²) in [6.07, 6.45) is 3.49. The molecule has 0 unspecified atom stereocenters. The Morgan fingerprint density at radius 2 is 1.53 bits per heavy atom. The number of rotatable bonds is 8. The molecule has 0 atom stereocenters. The summed E-state index contributed by atoms with van der Waals surface area (Å²) < 4.78 is 7.09. The highest BCUT2D eigenvalue weighted by atomic mass is 16.6. The Morgan fingerprint density at radius 3 is 2.15 bits per heavy atom. The molecule has 2 aromatic carbocycles. The minimum atomic E-state index is -0.578. The largest absolute Gasteiger partial charge is 0.444 e. The zero-order valence-electron chi connectivity index (χ0n) is 19.6. The molecule has 178 valence electrons. The summed E-state index contributed by atoms with van der Waals surface area (Å²) in [7, 11) is 0. The average molecular weight is 463 g/mol. The molecule has 0 saturated carbocycles. The smallest absolute Gasteiger partial charge is 0.407 e. The molecule has 0 aliphatic heterocycles. The molecular formula is C26H30N4O4. The standard InChI is InChI=1S/C26H30N4O4/c1-26(2,3)34-25(33)27-15-14-23(31)28-18-19-6-10-21(11-7-19)29-24(32)20-8-12-22(13-9-20)30-16-4-5-17-30/h4-13,16-17H,14-15,18H2,1-3H3,(H,27,33)(H,28,31)(H,29,32). The molecule has 3 amide bonds. The van der Waals surface area contributed by atoms with E-state index in [2.05, 4.69) is 16.0 Å². The number of carbonyl (C=O) groups is 3. The van der Waals surface area contributed by atoms with Crippen LogP contribution in [0.1, 0.15) is 43.1 Å². The van der Waals surface area contributed by atoms with Crippen LogP contribution >= 0.6 is 0 Å². The predicted molar refractivity (Wildman–Crippen MR) is 131 cm³/mol. The van der Waals surface area contributed by atoms with Gasteiger partial charge in [0.2, 0.25) is 5.91 Å². The molecule has 0 aliphatic carbocycles. The Hall–Kier alpha value is -4.07. The van der Waals surface area contributed by atoms with Crippen molar-refractivity contribution in [2.24, 2.45) is 0 Å². The van der Waals surface area contributed by atoms with Crippen molar-refractivity contribution in [1.82, 2.24) is 15.2 Å².